The zero-order valence-corrected chi connectivity index (χ0v) is 10.8. The number of unbranched alkanes of at least 4 members (excludes halogenated alkanes) is 2. The molecule has 0 saturated carbocycles. The summed E-state index contributed by atoms with van der Waals surface area (Å²) in [7, 11) is 0. The number of aryl methyl sites for hydroxylation is 1. The van der Waals surface area contributed by atoms with Crippen molar-refractivity contribution in [2.45, 2.75) is 52.4 Å². The number of rotatable bonds is 7. The van der Waals surface area contributed by atoms with Gasteiger partial charge in [-0.15, -0.1) is 0 Å². The minimum absolute atomic E-state index is 1.18. The van der Waals surface area contributed by atoms with Crippen molar-refractivity contribution in [2.24, 2.45) is 0 Å². The molecular weight excluding hydrogens is 192 g/mol. The first-order valence-electron chi connectivity index (χ1n) is 6.56. The summed E-state index contributed by atoms with van der Waals surface area (Å²) in [6.45, 7) is 8.41. The summed E-state index contributed by atoms with van der Waals surface area (Å²) in [5.74, 6) is 0. The minimum atomic E-state index is 1.18. The van der Waals surface area contributed by atoms with Crippen LogP contribution in [0.2, 0.25) is 0 Å². The molecule has 0 N–H and O–H groups in total. The van der Waals surface area contributed by atoms with Gasteiger partial charge in [-0.1, -0.05) is 64.0 Å². The van der Waals surface area contributed by atoms with Crippen molar-refractivity contribution < 1.29 is 0 Å². The molecule has 0 heteroatoms. The lowest BCUT2D eigenvalue weighted by molar-refractivity contribution is 0.711. The van der Waals surface area contributed by atoms with Crippen LogP contribution in [0, 0.1) is 0 Å². The second-order valence-corrected chi connectivity index (χ2v) is 4.40. The van der Waals surface area contributed by atoms with Gasteiger partial charge in [0, 0.05) is 0 Å². The van der Waals surface area contributed by atoms with Gasteiger partial charge in [-0.3, -0.25) is 0 Å². The fourth-order valence-electron chi connectivity index (χ4n) is 2.20. The molecule has 1 rings (SSSR count). The van der Waals surface area contributed by atoms with Crippen molar-refractivity contribution in [1.29, 1.82) is 0 Å². The predicted octanol–water partition coefficient (Wildman–Crippen LogP) is 5.01. The monoisotopic (exact) mass is 216 g/mol. The fourth-order valence-corrected chi connectivity index (χ4v) is 2.20. The quantitative estimate of drug-likeness (QED) is 0.562. The summed E-state index contributed by atoms with van der Waals surface area (Å²) in [4.78, 5) is 0. The van der Waals surface area contributed by atoms with Crippen LogP contribution >= 0.6 is 0 Å². The first-order chi connectivity index (χ1) is 7.83. The average molecular weight is 216 g/mol. The summed E-state index contributed by atoms with van der Waals surface area (Å²) in [5.41, 5.74) is 4.39. The number of hydrogen-bond donors (Lipinski definition) is 0. The third-order valence-corrected chi connectivity index (χ3v) is 3.08. The molecule has 0 atom stereocenters. The van der Waals surface area contributed by atoms with Crippen LogP contribution in [-0.2, 0) is 12.8 Å². The molecule has 0 bridgehead atoms. The van der Waals surface area contributed by atoms with Crippen LogP contribution in [0.3, 0.4) is 0 Å². The van der Waals surface area contributed by atoms with Gasteiger partial charge in [0.25, 0.3) is 0 Å². The van der Waals surface area contributed by atoms with Crippen molar-refractivity contribution in [2.75, 3.05) is 0 Å². The Morgan fingerprint density at radius 2 is 1.88 bits per heavy atom. The smallest absolute Gasteiger partial charge is 0.0228 e. The maximum atomic E-state index is 3.91. The second kappa shape index (κ2) is 7.27. The van der Waals surface area contributed by atoms with Crippen LogP contribution in [0.5, 0.6) is 0 Å². The molecule has 0 heterocycles. The van der Waals surface area contributed by atoms with Crippen molar-refractivity contribution >= 4 is 6.08 Å². The molecule has 0 amide bonds. The molecule has 0 aromatic heterocycles. The molecule has 0 aliphatic carbocycles. The van der Waals surface area contributed by atoms with Crippen LogP contribution < -0.4 is 0 Å². The largest absolute Gasteiger partial charge is 0.0985 e. The standard InChI is InChI=1S/C16H24/c1-4-7-8-11-15-13-9-12-14(6-3)16(15)10-5-2/h6,9,12-13H,3-5,7-8,10-11H2,1-2H3. The van der Waals surface area contributed by atoms with Crippen LogP contribution in [-0.4, -0.2) is 0 Å². The highest BCUT2D eigenvalue weighted by Gasteiger charge is 2.04. The van der Waals surface area contributed by atoms with E-state index in [1.165, 1.54) is 55.2 Å². The van der Waals surface area contributed by atoms with Crippen LogP contribution in [0.25, 0.3) is 6.08 Å². The van der Waals surface area contributed by atoms with Crippen molar-refractivity contribution in [3.63, 3.8) is 0 Å². The van der Waals surface area contributed by atoms with E-state index in [4.69, 9.17) is 0 Å². The Labute approximate surface area is 100 Å². The first-order valence-corrected chi connectivity index (χ1v) is 6.56. The Morgan fingerprint density at radius 1 is 1.06 bits per heavy atom. The minimum Gasteiger partial charge on any atom is -0.0985 e. The summed E-state index contributed by atoms with van der Waals surface area (Å²) in [5, 5.41) is 0. The molecule has 0 aliphatic heterocycles. The summed E-state index contributed by atoms with van der Waals surface area (Å²) >= 11 is 0. The lowest BCUT2D eigenvalue weighted by atomic mass is 9.94. The summed E-state index contributed by atoms with van der Waals surface area (Å²) < 4.78 is 0. The van der Waals surface area contributed by atoms with Gasteiger partial charge in [-0.2, -0.15) is 0 Å². The molecule has 0 radical (unpaired) electrons. The molecule has 16 heavy (non-hydrogen) atoms. The molecule has 1 aromatic carbocycles. The normalized spacial score (nSPS) is 10.4. The van der Waals surface area contributed by atoms with Gasteiger partial charge in [0.05, 0.1) is 0 Å². The molecule has 0 nitrogen and oxygen atoms in total. The summed E-state index contributed by atoms with van der Waals surface area (Å²) in [6.07, 6.45) is 9.57. The van der Waals surface area contributed by atoms with Gasteiger partial charge < -0.3 is 0 Å². The van der Waals surface area contributed by atoms with E-state index >= 15 is 0 Å². The SMILES string of the molecule is C=Cc1cccc(CCCCC)c1CCC. The van der Waals surface area contributed by atoms with Crippen LogP contribution in [0.4, 0.5) is 0 Å². The Hall–Kier alpha value is -1.04. The van der Waals surface area contributed by atoms with Gasteiger partial charge >= 0.3 is 0 Å². The van der Waals surface area contributed by atoms with Crippen molar-refractivity contribution in [3.8, 4) is 0 Å². The van der Waals surface area contributed by atoms with E-state index in [1.807, 2.05) is 6.08 Å². The van der Waals surface area contributed by atoms with E-state index in [2.05, 4.69) is 38.6 Å². The maximum absolute atomic E-state index is 3.91. The average Bonchev–Trinajstić information content (AvgIpc) is 2.31. The zero-order chi connectivity index (χ0) is 11.8. The Balaban J connectivity index is 2.83. The van der Waals surface area contributed by atoms with E-state index in [-0.39, 0.29) is 0 Å². The van der Waals surface area contributed by atoms with Gasteiger partial charge in [-0.05, 0) is 36.0 Å². The molecule has 0 fully saturated rings. The Kier molecular flexibility index (Phi) is 5.92. The molecular formula is C16H24. The van der Waals surface area contributed by atoms with Crippen molar-refractivity contribution in [1.82, 2.24) is 0 Å². The Morgan fingerprint density at radius 3 is 2.50 bits per heavy atom. The highest BCUT2D eigenvalue weighted by Crippen LogP contribution is 2.20. The molecule has 0 spiro atoms. The van der Waals surface area contributed by atoms with E-state index in [0.29, 0.717) is 0 Å². The van der Waals surface area contributed by atoms with Crippen molar-refractivity contribution in [3.05, 3.63) is 41.5 Å². The first kappa shape index (κ1) is 13.0. The van der Waals surface area contributed by atoms with Crippen LogP contribution in [0.1, 0.15) is 56.2 Å². The lowest BCUT2D eigenvalue weighted by Gasteiger charge is -2.12. The third-order valence-electron chi connectivity index (χ3n) is 3.08. The predicted molar refractivity (Wildman–Crippen MR) is 73.8 cm³/mol. The maximum Gasteiger partial charge on any atom is -0.0228 e. The topological polar surface area (TPSA) is 0 Å². The zero-order valence-electron chi connectivity index (χ0n) is 10.8. The van der Waals surface area contributed by atoms with E-state index in [9.17, 15) is 0 Å². The summed E-state index contributed by atoms with van der Waals surface area (Å²) in [6, 6.07) is 6.63. The molecule has 1 aromatic rings. The molecule has 0 saturated heterocycles. The van der Waals surface area contributed by atoms with E-state index in [1.54, 1.807) is 0 Å². The molecule has 88 valence electrons. The third kappa shape index (κ3) is 3.52. The highest BCUT2D eigenvalue weighted by atomic mass is 14.1. The van der Waals surface area contributed by atoms with Gasteiger partial charge in [0.2, 0.25) is 0 Å². The van der Waals surface area contributed by atoms with E-state index in [0.717, 1.165) is 0 Å². The number of benzene rings is 1. The van der Waals surface area contributed by atoms with Gasteiger partial charge in [-0.25, -0.2) is 0 Å². The van der Waals surface area contributed by atoms with Gasteiger partial charge in [0.1, 0.15) is 0 Å². The van der Waals surface area contributed by atoms with Gasteiger partial charge in [0.15, 0.2) is 0 Å². The Bertz CT molecular complexity index is 323. The molecule has 0 unspecified atom stereocenters. The fraction of sp³-hybridized carbons (Fsp3) is 0.500. The number of hydrogen-bond acceptors (Lipinski definition) is 0. The highest BCUT2D eigenvalue weighted by molar-refractivity contribution is 5.54. The lowest BCUT2D eigenvalue weighted by Crippen LogP contribution is -1.97. The van der Waals surface area contributed by atoms with E-state index < -0.39 is 0 Å². The molecule has 0 aliphatic rings. The second-order valence-electron chi connectivity index (χ2n) is 4.40. The van der Waals surface area contributed by atoms with Crippen LogP contribution in [0.15, 0.2) is 24.8 Å².